The van der Waals surface area contributed by atoms with Crippen molar-refractivity contribution in [3.63, 3.8) is 0 Å². The van der Waals surface area contributed by atoms with Crippen LogP contribution in [-0.2, 0) is 0 Å². The third-order valence-corrected chi connectivity index (χ3v) is 3.29. The molecule has 110 valence electrons. The van der Waals surface area contributed by atoms with Crippen LogP contribution in [0.5, 0.6) is 0 Å². The Kier molecular flexibility index (Phi) is 4.77. The van der Waals surface area contributed by atoms with Crippen molar-refractivity contribution in [2.24, 2.45) is 5.84 Å². The van der Waals surface area contributed by atoms with Crippen molar-refractivity contribution in [1.29, 1.82) is 0 Å². The van der Waals surface area contributed by atoms with Gasteiger partial charge in [-0.2, -0.15) is 0 Å². The normalized spacial score (nSPS) is 11.8. The van der Waals surface area contributed by atoms with Crippen LogP contribution in [0.15, 0.2) is 36.4 Å². The topological polar surface area (TPSA) is 80.0 Å². The minimum absolute atomic E-state index is 0.154. The standard InChI is InChI=1S/C15H17ClN4O/c1-9-6-12(8-14(18-9)20-17)15(21)19-10(2)11-4-3-5-13(16)7-11/h3-8,10H,17H2,1-2H3,(H,18,20)(H,19,21). The molecule has 1 amide bonds. The van der Waals surface area contributed by atoms with Crippen LogP contribution < -0.4 is 16.6 Å². The highest BCUT2D eigenvalue weighted by Crippen LogP contribution is 2.18. The van der Waals surface area contributed by atoms with E-state index in [0.29, 0.717) is 22.1 Å². The first-order chi connectivity index (χ1) is 9.99. The Labute approximate surface area is 128 Å². The van der Waals surface area contributed by atoms with E-state index in [1.54, 1.807) is 25.1 Å². The van der Waals surface area contributed by atoms with Crippen LogP contribution in [0.2, 0.25) is 5.02 Å². The monoisotopic (exact) mass is 304 g/mol. The summed E-state index contributed by atoms with van der Waals surface area (Å²) in [6.07, 6.45) is 0. The van der Waals surface area contributed by atoms with E-state index in [4.69, 9.17) is 17.4 Å². The number of aryl methyl sites for hydroxylation is 1. The summed E-state index contributed by atoms with van der Waals surface area (Å²) in [5.74, 6) is 5.60. The predicted molar refractivity (Wildman–Crippen MR) is 84.1 cm³/mol. The first-order valence-electron chi connectivity index (χ1n) is 6.51. The second kappa shape index (κ2) is 6.56. The number of rotatable bonds is 4. The number of carbonyl (C=O) groups excluding carboxylic acids is 1. The number of hydrogen-bond acceptors (Lipinski definition) is 4. The van der Waals surface area contributed by atoms with Gasteiger partial charge in [0.1, 0.15) is 5.82 Å². The van der Waals surface area contributed by atoms with Gasteiger partial charge < -0.3 is 10.7 Å². The first-order valence-corrected chi connectivity index (χ1v) is 6.89. The van der Waals surface area contributed by atoms with Gasteiger partial charge in [-0.25, -0.2) is 10.8 Å². The van der Waals surface area contributed by atoms with Crippen LogP contribution >= 0.6 is 11.6 Å². The number of benzene rings is 1. The molecular weight excluding hydrogens is 288 g/mol. The van der Waals surface area contributed by atoms with E-state index in [1.807, 2.05) is 25.1 Å². The maximum absolute atomic E-state index is 12.3. The molecule has 0 aliphatic carbocycles. The van der Waals surface area contributed by atoms with E-state index < -0.39 is 0 Å². The zero-order valence-corrected chi connectivity index (χ0v) is 12.6. The molecule has 1 aromatic carbocycles. The molecule has 21 heavy (non-hydrogen) atoms. The van der Waals surface area contributed by atoms with Crippen LogP contribution in [0.3, 0.4) is 0 Å². The molecule has 0 saturated carbocycles. The van der Waals surface area contributed by atoms with Crippen LogP contribution in [-0.4, -0.2) is 10.9 Å². The molecule has 1 atom stereocenters. The maximum Gasteiger partial charge on any atom is 0.251 e. The van der Waals surface area contributed by atoms with Crippen molar-refractivity contribution < 1.29 is 4.79 Å². The number of aromatic nitrogens is 1. The zero-order valence-electron chi connectivity index (χ0n) is 11.9. The highest BCUT2D eigenvalue weighted by molar-refractivity contribution is 6.30. The highest BCUT2D eigenvalue weighted by Gasteiger charge is 2.13. The molecule has 0 aliphatic heterocycles. The van der Waals surface area contributed by atoms with Gasteiger partial charge in [0.2, 0.25) is 0 Å². The van der Waals surface area contributed by atoms with Crippen LogP contribution in [0.25, 0.3) is 0 Å². The molecule has 2 aromatic rings. The molecule has 1 heterocycles. The first kappa shape index (κ1) is 15.3. The van der Waals surface area contributed by atoms with Gasteiger partial charge in [0.25, 0.3) is 5.91 Å². The van der Waals surface area contributed by atoms with Crippen molar-refractivity contribution in [2.75, 3.05) is 5.43 Å². The Morgan fingerprint density at radius 2 is 2.10 bits per heavy atom. The van der Waals surface area contributed by atoms with Gasteiger partial charge in [-0.3, -0.25) is 4.79 Å². The van der Waals surface area contributed by atoms with Gasteiger partial charge in [-0.1, -0.05) is 23.7 Å². The number of amides is 1. The number of pyridine rings is 1. The Hall–Kier alpha value is -2.11. The lowest BCUT2D eigenvalue weighted by Gasteiger charge is -2.15. The number of hydrazine groups is 1. The Bertz CT molecular complexity index is 660. The molecule has 5 nitrogen and oxygen atoms in total. The zero-order chi connectivity index (χ0) is 15.4. The molecule has 1 unspecified atom stereocenters. The lowest BCUT2D eigenvalue weighted by Crippen LogP contribution is -2.27. The van der Waals surface area contributed by atoms with E-state index in [2.05, 4.69) is 15.7 Å². The number of nitrogens with zero attached hydrogens (tertiary/aromatic N) is 1. The summed E-state index contributed by atoms with van der Waals surface area (Å²) in [7, 11) is 0. The molecule has 0 radical (unpaired) electrons. The number of anilines is 1. The SMILES string of the molecule is Cc1cc(C(=O)NC(C)c2cccc(Cl)c2)cc(NN)n1. The fourth-order valence-electron chi connectivity index (χ4n) is 2.01. The molecule has 1 aromatic heterocycles. The summed E-state index contributed by atoms with van der Waals surface area (Å²) in [5.41, 5.74) is 4.61. The van der Waals surface area contributed by atoms with Gasteiger partial charge >= 0.3 is 0 Å². The van der Waals surface area contributed by atoms with Crippen LogP contribution in [0.1, 0.15) is 34.6 Å². The molecule has 0 spiro atoms. The van der Waals surface area contributed by atoms with E-state index in [1.165, 1.54) is 0 Å². The van der Waals surface area contributed by atoms with E-state index in [0.717, 1.165) is 5.56 Å². The summed E-state index contributed by atoms with van der Waals surface area (Å²) in [5, 5.41) is 3.57. The largest absolute Gasteiger partial charge is 0.346 e. The van der Waals surface area contributed by atoms with E-state index >= 15 is 0 Å². The van der Waals surface area contributed by atoms with Gasteiger partial charge in [-0.15, -0.1) is 0 Å². The maximum atomic E-state index is 12.3. The molecule has 0 aliphatic rings. The second-order valence-corrected chi connectivity index (χ2v) is 5.21. The van der Waals surface area contributed by atoms with E-state index in [-0.39, 0.29) is 11.9 Å². The summed E-state index contributed by atoms with van der Waals surface area (Å²) in [6.45, 7) is 3.71. The average Bonchev–Trinajstić information content (AvgIpc) is 2.46. The van der Waals surface area contributed by atoms with Crippen molar-refractivity contribution >= 4 is 23.3 Å². The molecule has 0 bridgehead atoms. The number of nitrogen functional groups attached to an aromatic ring is 1. The Balaban J connectivity index is 2.16. The van der Waals surface area contributed by atoms with Gasteiger partial charge in [0.05, 0.1) is 6.04 Å². The predicted octanol–water partition coefficient (Wildman–Crippen LogP) is 2.82. The van der Waals surface area contributed by atoms with Gasteiger partial charge in [-0.05, 0) is 43.7 Å². The Morgan fingerprint density at radius 3 is 2.76 bits per heavy atom. The lowest BCUT2D eigenvalue weighted by molar-refractivity contribution is 0.0939. The summed E-state index contributed by atoms with van der Waals surface area (Å²) < 4.78 is 0. The summed E-state index contributed by atoms with van der Waals surface area (Å²) in [6, 6.07) is 10.6. The Morgan fingerprint density at radius 1 is 1.33 bits per heavy atom. The number of nitrogens with two attached hydrogens (primary N) is 1. The highest BCUT2D eigenvalue weighted by atomic mass is 35.5. The van der Waals surface area contributed by atoms with Gasteiger partial charge in [0, 0.05) is 16.3 Å². The van der Waals surface area contributed by atoms with Crippen molar-refractivity contribution in [1.82, 2.24) is 10.3 Å². The average molecular weight is 305 g/mol. The minimum Gasteiger partial charge on any atom is -0.346 e. The van der Waals surface area contributed by atoms with Crippen LogP contribution in [0, 0.1) is 6.92 Å². The lowest BCUT2D eigenvalue weighted by atomic mass is 10.1. The summed E-state index contributed by atoms with van der Waals surface area (Å²) in [4.78, 5) is 16.4. The van der Waals surface area contributed by atoms with Crippen molar-refractivity contribution in [2.45, 2.75) is 19.9 Å². The number of halogens is 1. The van der Waals surface area contributed by atoms with Gasteiger partial charge in [0.15, 0.2) is 0 Å². The molecule has 6 heteroatoms. The number of carbonyl (C=O) groups is 1. The molecule has 0 fully saturated rings. The molecule has 2 rings (SSSR count). The molecule has 4 N–H and O–H groups in total. The molecular formula is C15H17ClN4O. The number of nitrogens with one attached hydrogen (secondary N) is 2. The van der Waals surface area contributed by atoms with Crippen molar-refractivity contribution in [3.05, 3.63) is 58.2 Å². The minimum atomic E-state index is -0.190. The second-order valence-electron chi connectivity index (χ2n) is 4.78. The number of hydrogen-bond donors (Lipinski definition) is 3. The fraction of sp³-hybridized carbons (Fsp3) is 0.200. The fourth-order valence-corrected chi connectivity index (χ4v) is 2.21. The van der Waals surface area contributed by atoms with Crippen LogP contribution in [0.4, 0.5) is 5.82 Å². The molecule has 0 saturated heterocycles. The van der Waals surface area contributed by atoms with Crippen molar-refractivity contribution in [3.8, 4) is 0 Å². The smallest absolute Gasteiger partial charge is 0.251 e. The quantitative estimate of drug-likeness (QED) is 0.599. The van der Waals surface area contributed by atoms with E-state index in [9.17, 15) is 4.79 Å². The third kappa shape index (κ3) is 3.93. The third-order valence-electron chi connectivity index (χ3n) is 3.06. The summed E-state index contributed by atoms with van der Waals surface area (Å²) >= 11 is 5.96.